The van der Waals surface area contributed by atoms with Gasteiger partial charge < -0.3 is 4.74 Å². The molecule has 0 aromatic rings. The molecule has 0 spiro atoms. The van der Waals surface area contributed by atoms with E-state index in [2.05, 4.69) is 34.6 Å². The van der Waals surface area contributed by atoms with E-state index in [0.717, 1.165) is 6.61 Å². The van der Waals surface area contributed by atoms with Crippen LogP contribution in [-0.2, 0) is 4.74 Å². The zero-order valence-electron chi connectivity index (χ0n) is 8.12. The Labute approximate surface area is 64.8 Å². The van der Waals surface area contributed by atoms with Crippen molar-refractivity contribution in [2.45, 2.75) is 34.6 Å². The van der Waals surface area contributed by atoms with Crippen molar-refractivity contribution in [3.05, 3.63) is 0 Å². The van der Waals surface area contributed by atoms with Crippen LogP contribution in [-0.4, -0.2) is 13.7 Å². The Hall–Kier alpha value is -0.0400. The minimum atomic E-state index is 0.266. The smallest absolute Gasteiger partial charge is 0.0518 e. The van der Waals surface area contributed by atoms with E-state index in [1.807, 2.05) is 0 Å². The molecular formula is C9H20O. The van der Waals surface area contributed by atoms with Gasteiger partial charge in [0.15, 0.2) is 0 Å². The molecule has 0 aromatic heterocycles. The summed E-state index contributed by atoms with van der Waals surface area (Å²) in [5.74, 6) is 0. The van der Waals surface area contributed by atoms with E-state index in [0.29, 0.717) is 5.41 Å². The van der Waals surface area contributed by atoms with Crippen LogP contribution in [0.2, 0.25) is 0 Å². The first-order chi connectivity index (χ1) is 4.31. The molecule has 1 heteroatoms. The molecule has 0 amide bonds. The fraction of sp³-hybridized carbons (Fsp3) is 1.00. The van der Waals surface area contributed by atoms with E-state index in [1.54, 1.807) is 7.11 Å². The summed E-state index contributed by atoms with van der Waals surface area (Å²) in [6.45, 7) is 12.0. The molecule has 0 aliphatic carbocycles. The summed E-state index contributed by atoms with van der Waals surface area (Å²) < 4.78 is 5.13. The predicted molar refractivity (Wildman–Crippen MR) is 45.1 cm³/mol. The molecule has 0 fully saturated rings. The molecule has 0 atom stereocenters. The van der Waals surface area contributed by atoms with Gasteiger partial charge in [-0.1, -0.05) is 34.6 Å². The van der Waals surface area contributed by atoms with Crippen molar-refractivity contribution >= 4 is 0 Å². The van der Waals surface area contributed by atoms with E-state index in [4.69, 9.17) is 4.74 Å². The maximum atomic E-state index is 5.13. The largest absolute Gasteiger partial charge is 0.384 e. The summed E-state index contributed by atoms with van der Waals surface area (Å²) >= 11 is 0. The lowest BCUT2D eigenvalue weighted by Gasteiger charge is -2.38. The topological polar surface area (TPSA) is 9.23 Å². The maximum absolute atomic E-state index is 5.13. The second kappa shape index (κ2) is 2.91. The van der Waals surface area contributed by atoms with E-state index >= 15 is 0 Å². The zero-order valence-corrected chi connectivity index (χ0v) is 8.12. The van der Waals surface area contributed by atoms with Gasteiger partial charge >= 0.3 is 0 Å². The monoisotopic (exact) mass is 144 g/mol. The number of methoxy groups -OCH3 is 1. The molecule has 62 valence electrons. The van der Waals surface area contributed by atoms with Gasteiger partial charge in [-0.25, -0.2) is 0 Å². The zero-order chi connectivity index (χ0) is 8.41. The molecule has 0 rings (SSSR count). The van der Waals surface area contributed by atoms with Gasteiger partial charge in [0.05, 0.1) is 6.61 Å². The van der Waals surface area contributed by atoms with E-state index in [1.165, 1.54) is 0 Å². The Kier molecular flexibility index (Phi) is 2.90. The fourth-order valence-corrected chi connectivity index (χ4v) is 0.577. The van der Waals surface area contributed by atoms with Crippen molar-refractivity contribution in [3.8, 4) is 0 Å². The second-order valence-electron chi connectivity index (χ2n) is 4.57. The summed E-state index contributed by atoms with van der Waals surface area (Å²) in [4.78, 5) is 0. The minimum Gasteiger partial charge on any atom is -0.384 e. The van der Waals surface area contributed by atoms with Gasteiger partial charge in [0.25, 0.3) is 0 Å². The molecule has 10 heavy (non-hydrogen) atoms. The summed E-state index contributed by atoms with van der Waals surface area (Å²) in [7, 11) is 1.76. The van der Waals surface area contributed by atoms with Crippen LogP contribution < -0.4 is 0 Å². The minimum absolute atomic E-state index is 0.266. The molecule has 0 aliphatic rings. The van der Waals surface area contributed by atoms with Crippen molar-refractivity contribution in [1.82, 2.24) is 0 Å². The normalized spacial score (nSPS) is 13.8. The Balaban J connectivity index is 4.10. The predicted octanol–water partition coefficient (Wildman–Crippen LogP) is 2.71. The third-order valence-corrected chi connectivity index (χ3v) is 2.54. The van der Waals surface area contributed by atoms with Crippen molar-refractivity contribution in [2.75, 3.05) is 13.7 Å². The number of ether oxygens (including phenoxy) is 1. The van der Waals surface area contributed by atoms with Gasteiger partial charge in [-0.2, -0.15) is 0 Å². The van der Waals surface area contributed by atoms with E-state index < -0.39 is 0 Å². The molecule has 0 saturated heterocycles. The van der Waals surface area contributed by atoms with Crippen LogP contribution in [0.15, 0.2) is 0 Å². The molecular weight excluding hydrogens is 124 g/mol. The Bertz CT molecular complexity index is 97.8. The van der Waals surface area contributed by atoms with Gasteiger partial charge in [0.1, 0.15) is 0 Å². The van der Waals surface area contributed by atoms with Gasteiger partial charge in [-0.05, 0) is 10.8 Å². The molecule has 1 nitrogen and oxygen atoms in total. The highest BCUT2D eigenvalue weighted by atomic mass is 16.5. The Morgan fingerprint density at radius 3 is 1.50 bits per heavy atom. The van der Waals surface area contributed by atoms with E-state index in [9.17, 15) is 0 Å². The van der Waals surface area contributed by atoms with E-state index in [-0.39, 0.29) is 5.41 Å². The van der Waals surface area contributed by atoms with Gasteiger partial charge in [0.2, 0.25) is 0 Å². The molecule has 0 radical (unpaired) electrons. The highest BCUT2D eigenvalue weighted by Crippen LogP contribution is 2.37. The lowest BCUT2D eigenvalue weighted by molar-refractivity contribution is 0.0234. The SMILES string of the molecule is COCC(C)(C)C(C)(C)C. The van der Waals surface area contributed by atoms with Crippen LogP contribution >= 0.6 is 0 Å². The molecule has 0 bridgehead atoms. The highest BCUT2D eigenvalue weighted by molar-refractivity contribution is 4.81. The van der Waals surface area contributed by atoms with Crippen molar-refractivity contribution in [3.63, 3.8) is 0 Å². The molecule has 0 saturated carbocycles. The first-order valence-electron chi connectivity index (χ1n) is 3.80. The lowest BCUT2D eigenvalue weighted by Crippen LogP contribution is -2.33. The lowest BCUT2D eigenvalue weighted by atomic mass is 9.70. The molecule has 0 heterocycles. The first kappa shape index (κ1) is 9.96. The van der Waals surface area contributed by atoms with Crippen LogP contribution in [0.5, 0.6) is 0 Å². The van der Waals surface area contributed by atoms with Crippen molar-refractivity contribution in [2.24, 2.45) is 10.8 Å². The fourth-order valence-electron chi connectivity index (χ4n) is 0.577. The average molecular weight is 144 g/mol. The summed E-state index contributed by atoms with van der Waals surface area (Å²) in [6, 6.07) is 0. The maximum Gasteiger partial charge on any atom is 0.0518 e. The van der Waals surface area contributed by atoms with Gasteiger partial charge in [0, 0.05) is 7.11 Å². The average Bonchev–Trinajstić information content (AvgIpc) is 1.61. The number of hydrogen-bond acceptors (Lipinski definition) is 1. The standard InChI is InChI=1S/C9H20O/c1-8(2,3)9(4,5)7-10-6/h7H2,1-6H3. The van der Waals surface area contributed by atoms with Crippen molar-refractivity contribution in [1.29, 1.82) is 0 Å². The van der Waals surface area contributed by atoms with Gasteiger partial charge in [-0.3, -0.25) is 0 Å². The summed E-state index contributed by atoms with van der Waals surface area (Å²) in [5.41, 5.74) is 0.588. The van der Waals surface area contributed by atoms with Crippen LogP contribution in [0.1, 0.15) is 34.6 Å². The van der Waals surface area contributed by atoms with Crippen molar-refractivity contribution < 1.29 is 4.74 Å². The molecule has 0 unspecified atom stereocenters. The molecule has 0 N–H and O–H groups in total. The number of hydrogen-bond donors (Lipinski definition) is 0. The number of rotatable bonds is 2. The van der Waals surface area contributed by atoms with Crippen LogP contribution in [0.25, 0.3) is 0 Å². The third kappa shape index (κ3) is 2.30. The third-order valence-electron chi connectivity index (χ3n) is 2.54. The second-order valence-corrected chi connectivity index (χ2v) is 4.57. The molecule has 0 aromatic carbocycles. The van der Waals surface area contributed by atoms with Gasteiger partial charge in [-0.15, -0.1) is 0 Å². The van der Waals surface area contributed by atoms with Crippen LogP contribution in [0, 0.1) is 10.8 Å². The van der Waals surface area contributed by atoms with Crippen LogP contribution in [0.3, 0.4) is 0 Å². The Morgan fingerprint density at radius 2 is 1.40 bits per heavy atom. The summed E-state index contributed by atoms with van der Waals surface area (Å²) in [5, 5.41) is 0. The Morgan fingerprint density at radius 1 is 1.00 bits per heavy atom. The first-order valence-corrected chi connectivity index (χ1v) is 3.80. The van der Waals surface area contributed by atoms with Crippen LogP contribution in [0.4, 0.5) is 0 Å². The molecule has 0 aliphatic heterocycles. The highest BCUT2D eigenvalue weighted by Gasteiger charge is 2.32. The quantitative estimate of drug-likeness (QED) is 0.579. The summed E-state index contributed by atoms with van der Waals surface area (Å²) in [6.07, 6.45) is 0.